The topological polar surface area (TPSA) is 55.7 Å². The number of imidazole rings is 1. The van der Waals surface area contributed by atoms with E-state index in [4.69, 9.17) is 9.72 Å². The highest BCUT2D eigenvalue weighted by Gasteiger charge is 2.25. The molecule has 0 saturated carbocycles. The van der Waals surface area contributed by atoms with Crippen molar-refractivity contribution in [3.63, 3.8) is 0 Å². The number of rotatable bonds is 4. The molecular formula is C21H28N4OS. The molecule has 2 aromatic heterocycles. The Balaban J connectivity index is 1.70. The van der Waals surface area contributed by atoms with Crippen LogP contribution in [-0.2, 0) is 16.7 Å². The summed E-state index contributed by atoms with van der Waals surface area (Å²) in [5.41, 5.74) is 3.43. The van der Waals surface area contributed by atoms with Crippen LogP contribution in [0.5, 0.6) is 0 Å². The number of hydrogen-bond acceptors (Lipinski definition) is 4. The molecule has 0 atom stereocenters. The van der Waals surface area contributed by atoms with Gasteiger partial charge in [0.1, 0.15) is 5.82 Å². The normalized spacial score (nSPS) is 16.3. The number of benzene rings is 1. The summed E-state index contributed by atoms with van der Waals surface area (Å²) in [6.07, 6.45) is 4.16. The Kier molecular flexibility index (Phi) is 5.03. The number of aromatic amines is 1. The highest BCUT2D eigenvalue weighted by molar-refractivity contribution is 7.99. The summed E-state index contributed by atoms with van der Waals surface area (Å²) in [6, 6.07) is 6.64. The summed E-state index contributed by atoms with van der Waals surface area (Å²) in [6.45, 7) is 11.6. The third-order valence-electron chi connectivity index (χ3n) is 5.18. The lowest BCUT2D eigenvalue weighted by Crippen LogP contribution is -2.25. The van der Waals surface area contributed by atoms with Crippen LogP contribution in [0.2, 0.25) is 0 Å². The molecule has 27 heavy (non-hydrogen) atoms. The molecule has 0 aliphatic carbocycles. The van der Waals surface area contributed by atoms with Crippen molar-refractivity contribution in [3.05, 3.63) is 35.9 Å². The Morgan fingerprint density at radius 2 is 2.04 bits per heavy atom. The maximum absolute atomic E-state index is 5.54. The third-order valence-corrected chi connectivity index (χ3v) is 6.30. The van der Waals surface area contributed by atoms with Crippen LogP contribution in [0.1, 0.15) is 45.1 Å². The number of ether oxygens (including phenoxy) is 1. The number of nitrogens with one attached hydrogen (secondary N) is 1. The maximum atomic E-state index is 5.54. The molecule has 1 aliphatic rings. The van der Waals surface area contributed by atoms with Crippen molar-refractivity contribution in [3.8, 4) is 0 Å². The van der Waals surface area contributed by atoms with Crippen molar-refractivity contribution in [1.29, 1.82) is 0 Å². The van der Waals surface area contributed by atoms with E-state index >= 15 is 0 Å². The first-order valence-corrected chi connectivity index (χ1v) is 10.5. The summed E-state index contributed by atoms with van der Waals surface area (Å²) < 4.78 is 7.99. The van der Waals surface area contributed by atoms with E-state index in [1.165, 1.54) is 16.2 Å². The van der Waals surface area contributed by atoms with Crippen LogP contribution < -0.4 is 0 Å². The van der Waals surface area contributed by atoms with Crippen molar-refractivity contribution in [2.75, 3.05) is 13.2 Å². The van der Waals surface area contributed by atoms with Crippen molar-refractivity contribution in [2.24, 2.45) is 5.92 Å². The van der Waals surface area contributed by atoms with Gasteiger partial charge < -0.3 is 9.30 Å². The quantitative estimate of drug-likeness (QED) is 0.692. The first-order chi connectivity index (χ1) is 12.9. The van der Waals surface area contributed by atoms with Gasteiger partial charge in [-0.25, -0.2) is 4.98 Å². The average molecular weight is 385 g/mol. The minimum Gasteiger partial charge on any atom is -0.381 e. The van der Waals surface area contributed by atoms with Gasteiger partial charge in [0, 0.05) is 35.8 Å². The molecule has 5 nitrogen and oxygen atoms in total. The number of nitrogens with zero attached hydrogens (tertiary/aromatic N) is 3. The van der Waals surface area contributed by atoms with Gasteiger partial charge in [-0.2, -0.15) is 5.10 Å². The van der Waals surface area contributed by atoms with E-state index in [1.807, 2.05) is 13.1 Å². The van der Waals surface area contributed by atoms with Gasteiger partial charge in [-0.3, -0.25) is 5.10 Å². The fraction of sp³-hybridized carbons (Fsp3) is 0.524. The van der Waals surface area contributed by atoms with Crippen LogP contribution >= 0.6 is 11.8 Å². The highest BCUT2D eigenvalue weighted by atomic mass is 32.2. The lowest BCUT2D eigenvalue weighted by molar-refractivity contribution is 0.0611. The van der Waals surface area contributed by atoms with Gasteiger partial charge in [0.2, 0.25) is 0 Å². The molecule has 144 valence electrons. The summed E-state index contributed by atoms with van der Waals surface area (Å²) >= 11 is 1.73. The Bertz CT molecular complexity index is 931. The molecule has 3 aromatic rings. The predicted molar refractivity (Wildman–Crippen MR) is 109 cm³/mol. The second-order valence-electron chi connectivity index (χ2n) is 8.46. The molecule has 1 aliphatic heterocycles. The maximum Gasteiger partial charge on any atom is 0.115 e. The van der Waals surface area contributed by atoms with Gasteiger partial charge in [-0.15, -0.1) is 0 Å². The predicted octanol–water partition coefficient (Wildman–Crippen LogP) is 4.94. The minimum atomic E-state index is 0.0125. The van der Waals surface area contributed by atoms with E-state index in [-0.39, 0.29) is 5.41 Å². The van der Waals surface area contributed by atoms with Crippen LogP contribution in [0.15, 0.2) is 34.2 Å². The molecule has 0 spiro atoms. The van der Waals surface area contributed by atoms with Crippen LogP contribution in [0.3, 0.4) is 0 Å². The van der Waals surface area contributed by atoms with Gasteiger partial charge in [0.05, 0.1) is 22.1 Å². The molecule has 3 heterocycles. The van der Waals surface area contributed by atoms with Crippen LogP contribution in [-0.4, -0.2) is 33.0 Å². The summed E-state index contributed by atoms with van der Waals surface area (Å²) in [5, 5.41) is 7.12. The monoisotopic (exact) mass is 384 g/mol. The zero-order valence-corrected chi connectivity index (χ0v) is 17.4. The molecule has 4 rings (SSSR count). The average Bonchev–Trinajstić information content (AvgIpc) is 3.19. The van der Waals surface area contributed by atoms with Crippen LogP contribution in [0, 0.1) is 12.8 Å². The molecule has 0 unspecified atom stereocenters. The Labute approximate surface area is 164 Å². The highest BCUT2D eigenvalue weighted by Crippen LogP contribution is 2.34. The molecule has 1 saturated heterocycles. The Morgan fingerprint density at radius 1 is 1.26 bits per heavy atom. The molecule has 1 fully saturated rings. The number of aromatic nitrogens is 4. The molecule has 1 aromatic carbocycles. The largest absolute Gasteiger partial charge is 0.381 e. The van der Waals surface area contributed by atoms with Gasteiger partial charge >= 0.3 is 0 Å². The molecule has 0 radical (unpaired) electrons. The fourth-order valence-corrected chi connectivity index (χ4v) is 4.55. The Morgan fingerprint density at radius 3 is 2.70 bits per heavy atom. The SMILES string of the molecule is Cc1[nH]ncc1Sc1ccc2c(c1)nc(C(C)(C)C)n2CC1CCOCC1. The molecule has 6 heteroatoms. The lowest BCUT2D eigenvalue weighted by atomic mass is 9.94. The number of fused-ring (bicyclic) bond motifs is 1. The van der Waals surface area contributed by atoms with E-state index in [2.05, 4.69) is 53.7 Å². The van der Waals surface area contributed by atoms with Gasteiger partial charge in [0.25, 0.3) is 0 Å². The minimum absolute atomic E-state index is 0.0125. The molecular weight excluding hydrogens is 356 g/mol. The zero-order chi connectivity index (χ0) is 19.0. The van der Waals surface area contributed by atoms with Gasteiger partial charge in [-0.1, -0.05) is 32.5 Å². The molecule has 0 amide bonds. The molecule has 0 bridgehead atoms. The van der Waals surface area contributed by atoms with Crippen molar-refractivity contribution in [2.45, 2.75) is 62.3 Å². The smallest absolute Gasteiger partial charge is 0.115 e. The second kappa shape index (κ2) is 7.32. The van der Waals surface area contributed by atoms with E-state index in [1.54, 1.807) is 11.8 Å². The van der Waals surface area contributed by atoms with Crippen molar-refractivity contribution in [1.82, 2.24) is 19.7 Å². The summed E-state index contributed by atoms with van der Waals surface area (Å²) in [7, 11) is 0. The molecule has 1 N–H and O–H groups in total. The van der Waals surface area contributed by atoms with Crippen LogP contribution in [0.25, 0.3) is 11.0 Å². The Hall–Kier alpha value is -1.79. The van der Waals surface area contributed by atoms with E-state index in [0.29, 0.717) is 5.92 Å². The van der Waals surface area contributed by atoms with Crippen LogP contribution in [0.4, 0.5) is 0 Å². The van der Waals surface area contributed by atoms with E-state index < -0.39 is 0 Å². The summed E-state index contributed by atoms with van der Waals surface area (Å²) in [5.74, 6) is 1.84. The van der Waals surface area contributed by atoms with Gasteiger partial charge in [0.15, 0.2) is 0 Å². The van der Waals surface area contributed by atoms with E-state index in [9.17, 15) is 0 Å². The second-order valence-corrected chi connectivity index (χ2v) is 9.58. The number of H-pyrrole nitrogens is 1. The fourth-order valence-electron chi connectivity index (χ4n) is 3.69. The van der Waals surface area contributed by atoms with Crippen molar-refractivity contribution >= 4 is 22.8 Å². The van der Waals surface area contributed by atoms with E-state index in [0.717, 1.165) is 48.7 Å². The van der Waals surface area contributed by atoms with Crippen molar-refractivity contribution < 1.29 is 4.74 Å². The number of hydrogen-bond donors (Lipinski definition) is 1. The standard InChI is InChI=1S/C21H28N4OS/c1-14-19(12-22-24-14)27-16-5-6-18-17(11-16)23-20(21(2,3)4)25(18)13-15-7-9-26-10-8-15/h5-6,11-12,15H,7-10,13H2,1-4H3,(H,22,24). The first kappa shape index (κ1) is 18.6. The zero-order valence-electron chi connectivity index (χ0n) is 16.6. The first-order valence-electron chi connectivity index (χ1n) is 9.68. The third kappa shape index (κ3) is 3.92. The number of aryl methyl sites for hydroxylation is 1. The summed E-state index contributed by atoms with van der Waals surface area (Å²) in [4.78, 5) is 7.41. The lowest BCUT2D eigenvalue weighted by Gasteiger charge is -2.26. The van der Waals surface area contributed by atoms with Gasteiger partial charge in [-0.05, 0) is 43.9 Å².